The molecule has 162 valence electrons. The highest BCUT2D eigenvalue weighted by Gasteiger charge is 2.26. The fraction of sp³-hybridized carbons (Fsp3) is 0.208. The molecule has 0 unspecified atom stereocenters. The lowest BCUT2D eigenvalue weighted by atomic mass is 10.1. The number of halogens is 1. The number of amides is 1. The third-order valence-corrected chi connectivity index (χ3v) is 6.83. The zero-order chi connectivity index (χ0) is 22.1. The maximum Gasteiger partial charge on any atom is 0.263 e. The second kappa shape index (κ2) is 8.86. The maximum absolute atomic E-state index is 13.1. The molecule has 0 spiro atoms. The summed E-state index contributed by atoms with van der Waals surface area (Å²) in [6.07, 6.45) is 0.867. The molecule has 0 atom stereocenters. The molecule has 0 aliphatic carbocycles. The molecule has 2 aromatic heterocycles. The van der Waals surface area contributed by atoms with Gasteiger partial charge in [0.25, 0.3) is 5.91 Å². The predicted octanol–water partition coefficient (Wildman–Crippen LogP) is 5.57. The predicted molar refractivity (Wildman–Crippen MR) is 126 cm³/mol. The standard InChI is InChI=1S/C24H21ClN4O2S/c1-15-21(22(28-31-15)17-9-5-6-10-18(17)25)23(30)27-24-26-19-11-12-29(14-20(19)32-24)13-16-7-3-2-4-8-16/h2-10H,11-14H2,1H3,(H,26,27,30). The van der Waals surface area contributed by atoms with Crippen LogP contribution >= 0.6 is 22.9 Å². The van der Waals surface area contributed by atoms with Crippen molar-refractivity contribution in [2.45, 2.75) is 26.4 Å². The molecule has 0 saturated carbocycles. The first-order valence-corrected chi connectivity index (χ1v) is 11.6. The van der Waals surface area contributed by atoms with Crippen LogP contribution in [0, 0.1) is 6.92 Å². The summed E-state index contributed by atoms with van der Waals surface area (Å²) in [6, 6.07) is 17.7. The number of benzene rings is 2. The van der Waals surface area contributed by atoms with Crippen molar-refractivity contribution >= 4 is 34.0 Å². The van der Waals surface area contributed by atoms with Gasteiger partial charge in [0.05, 0.1) is 10.7 Å². The number of anilines is 1. The van der Waals surface area contributed by atoms with Crippen LogP contribution in [0.4, 0.5) is 5.13 Å². The molecular weight excluding hydrogens is 444 g/mol. The van der Waals surface area contributed by atoms with Gasteiger partial charge in [0.1, 0.15) is 17.0 Å². The Kier molecular flexibility index (Phi) is 5.78. The number of hydrogen-bond acceptors (Lipinski definition) is 6. The van der Waals surface area contributed by atoms with Crippen LogP contribution in [-0.4, -0.2) is 27.5 Å². The molecular formula is C24H21ClN4O2S. The Labute approximate surface area is 194 Å². The summed E-state index contributed by atoms with van der Waals surface area (Å²) in [7, 11) is 0. The lowest BCUT2D eigenvalue weighted by molar-refractivity contribution is 0.102. The highest BCUT2D eigenvalue weighted by atomic mass is 35.5. The van der Waals surface area contributed by atoms with Crippen molar-refractivity contribution in [3.05, 3.63) is 87.1 Å². The molecule has 1 amide bonds. The van der Waals surface area contributed by atoms with E-state index in [1.54, 1.807) is 13.0 Å². The number of nitrogens with zero attached hydrogens (tertiary/aromatic N) is 3. The number of aromatic nitrogens is 2. The topological polar surface area (TPSA) is 71.3 Å². The van der Waals surface area contributed by atoms with Gasteiger partial charge in [0.15, 0.2) is 5.13 Å². The molecule has 0 fully saturated rings. The highest BCUT2D eigenvalue weighted by Crippen LogP contribution is 2.33. The van der Waals surface area contributed by atoms with Crippen LogP contribution in [-0.2, 0) is 19.5 Å². The van der Waals surface area contributed by atoms with E-state index in [0.717, 1.165) is 31.7 Å². The Balaban J connectivity index is 1.33. The minimum absolute atomic E-state index is 0.300. The van der Waals surface area contributed by atoms with Crippen molar-refractivity contribution < 1.29 is 9.32 Å². The third kappa shape index (κ3) is 4.19. The van der Waals surface area contributed by atoms with Crippen LogP contribution in [0.3, 0.4) is 0 Å². The number of fused-ring (bicyclic) bond motifs is 1. The van der Waals surface area contributed by atoms with Crippen molar-refractivity contribution in [2.24, 2.45) is 0 Å². The van der Waals surface area contributed by atoms with E-state index in [2.05, 4.69) is 44.6 Å². The first kappa shape index (κ1) is 20.9. The summed E-state index contributed by atoms with van der Waals surface area (Å²) >= 11 is 7.84. The van der Waals surface area contributed by atoms with E-state index < -0.39 is 0 Å². The fourth-order valence-electron chi connectivity index (χ4n) is 3.91. The number of carbonyl (C=O) groups is 1. The molecule has 32 heavy (non-hydrogen) atoms. The lowest BCUT2D eigenvalue weighted by Crippen LogP contribution is -2.29. The molecule has 3 heterocycles. The Morgan fingerprint density at radius 2 is 1.97 bits per heavy atom. The largest absolute Gasteiger partial charge is 0.360 e. The van der Waals surface area contributed by atoms with Crippen LogP contribution in [0.2, 0.25) is 5.02 Å². The van der Waals surface area contributed by atoms with Gasteiger partial charge < -0.3 is 4.52 Å². The molecule has 0 saturated heterocycles. The van der Waals surface area contributed by atoms with Gasteiger partial charge in [-0.1, -0.05) is 65.3 Å². The SMILES string of the molecule is Cc1onc(-c2ccccc2Cl)c1C(=O)Nc1nc2c(s1)CN(Cc1ccccc1)CC2. The van der Waals surface area contributed by atoms with Crippen LogP contribution in [0.25, 0.3) is 11.3 Å². The maximum atomic E-state index is 13.1. The average molecular weight is 465 g/mol. The minimum atomic E-state index is -0.300. The molecule has 8 heteroatoms. The van der Waals surface area contributed by atoms with Gasteiger partial charge in [0.2, 0.25) is 0 Å². The third-order valence-electron chi connectivity index (χ3n) is 5.50. The molecule has 1 N–H and O–H groups in total. The van der Waals surface area contributed by atoms with Crippen molar-refractivity contribution in [3.8, 4) is 11.3 Å². The van der Waals surface area contributed by atoms with Crippen molar-refractivity contribution in [1.29, 1.82) is 0 Å². The molecule has 5 rings (SSSR count). The van der Waals surface area contributed by atoms with Crippen molar-refractivity contribution in [2.75, 3.05) is 11.9 Å². The Morgan fingerprint density at radius 1 is 1.19 bits per heavy atom. The first-order valence-electron chi connectivity index (χ1n) is 10.4. The van der Waals surface area contributed by atoms with Crippen molar-refractivity contribution in [3.63, 3.8) is 0 Å². The van der Waals surface area contributed by atoms with Crippen LogP contribution in [0.15, 0.2) is 59.1 Å². The number of rotatable bonds is 5. The summed E-state index contributed by atoms with van der Waals surface area (Å²) in [4.78, 5) is 21.4. The van der Waals surface area contributed by atoms with E-state index >= 15 is 0 Å². The molecule has 0 radical (unpaired) electrons. The summed E-state index contributed by atoms with van der Waals surface area (Å²) in [5.41, 5.74) is 3.82. The minimum Gasteiger partial charge on any atom is -0.360 e. The molecule has 1 aliphatic rings. The van der Waals surface area contributed by atoms with E-state index in [9.17, 15) is 4.79 Å². The number of nitrogens with one attached hydrogen (secondary N) is 1. The van der Waals surface area contributed by atoms with Crippen LogP contribution < -0.4 is 5.32 Å². The van der Waals surface area contributed by atoms with Gasteiger partial charge in [0, 0.05) is 36.5 Å². The van der Waals surface area contributed by atoms with Crippen LogP contribution in [0.1, 0.15) is 32.3 Å². The van der Waals surface area contributed by atoms with Gasteiger partial charge >= 0.3 is 0 Å². The smallest absolute Gasteiger partial charge is 0.263 e. The summed E-state index contributed by atoms with van der Waals surface area (Å²) in [5, 5.41) is 8.13. The second-order valence-electron chi connectivity index (χ2n) is 7.73. The zero-order valence-electron chi connectivity index (χ0n) is 17.5. The Morgan fingerprint density at radius 3 is 2.78 bits per heavy atom. The normalized spacial score (nSPS) is 13.7. The lowest BCUT2D eigenvalue weighted by Gasteiger charge is -2.25. The number of aryl methyl sites for hydroxylation is 1. The quantitative estimate of drug-likeness (QED) is 0.418. The van der Waals surface area contributed by atoms with E-state index in [4.69, 9.17) is 16.1 Å². The zero-order valence-corrected chi connectivity index (χ0v) is 19.0. The van der Waals surface area contributed by atoms with E-state index in [0.29, 0.717) is 32.7 Å². The molecule has 6 nitrogen and oxygen atoms in total. The number of carbonyl (C=O) groups excluding carboxylic acids is 1. The Bertz CT molecular complexity index is 1270. The highest BCUT2D eigenvalue weighted by molar-refractivity contribution is 7.15. The Hall–Kier alpha value is -3.00. The first-order chi connectivity index (χ1) is 15.6. The van der Waals surface area contributed by atoms with Gasteiger partial charge in [-0.15, -0.1) is 11.3 Å². The molecule has 2 aromatic carbocycles. The van der Waals surface area contributed by atoms with Crippen LogP contribution in [0.5, 0.6) is 0 Å². The van der Waals surface area contributed by atoms with E-state index in [1.165, 1.54) is 21.8 Å². The summed E-state index contributed by atoms with van der Waals surface area (Å²) < 4.78 is 5.32. The average Bonchev–Trinajstić information content (AvgIpc) is 3.37. The summed E-state index contributed by atoms with van der Waals surface area (Å²) in [5.74, 6) is 0.138. The van der Waals surface area contributed by atoms with E-state index in [-0.39, 0.29) is 5.91 Å². The van der Waals surface area contributed by atoms with Gasteiger partial charge in [-0.25, -0.2) is 4.98 Å². The van der Waals surface area contributed by atoms with E-state index in [1.807, 2.05) is 24.3 Å². The number of hydrogen-bond donors (Lipinski definition) is 1. The fourth-order valence-corrected chi connectivity index (χ4v) is 5.19. The molecule has 0 bridgehead atoms. The van der Waals surface area contributed by atoms with Crippen molar-refractivity contribution in [1.82, 2.24) is 15.0 Å². The summed E-state index contributed by atoms with van der Waals surface area (Å²) in [6.45, 7) is 4.40. The van der Waals surface area contributed by atoms with Gasteiger partial charge in [-0.3, -0.25) is 15.0 Å². The van der Waals surface area contributed by atoms with Gasteiger partial charge in [-0.2, -0.15) is 0 Å². The molecule has 1 aliphatic heterocycles. The van der Waals surface area contributed by atoms with Gasteiger partial charge in [-0.05, 0) is 18.6 Å². The molecule has 4 aromatic rings. The second-order valence-corrected chi connectivity index (χ2v) is 9.22. The monoisotopic (exact) mass is 464 g/mol. The number of thiazole rings is 1.